The van der Waals surface area contributed by atoms with Crippen LogP contribution < -0.4 is 14.8 Å². The van der Waals surface area contributed by atoms with Crippen molar-refractivity contribution in [3.8, 4) is 11.5 Å². The van der Waals surface area contributed by atoms with Crippen molar-refractivity contribution in [1.29, 1.82) is 0 Å². The molecule has 1 fully saturated rings. The smallest absolute Gasteiger partial charge is 0.161 e. The first kappa shape index (κ1) is 22.2. The predicted octanol–water partition coefficient (Wildman–Crippen LogP) is 5.55. The zero-order valence-corrected chi connectivity index (χ0v) is 18.7. The minimum atomic E-state index is 0.296. The zero-order valence-electron chi connectivity index (χ0n) is 17.2. The molecule has 1 aliphatic heterocycles. The monoisotopic (exact) mass is 436 g/mol. The normalized spacial score (nSPS) is 16.9. The van der Waals surface area contributed by atoms with Crippen molar-refractivity contribution in [2.24, 2.45) is 0 Å². The van der Waals surface area contributed by atoms with E-state index < -0.39 is 0 Å². The molecular formula is C23H30Cl2N2O2. The number of rotatable bonds is 10. The molecule has 158 valence electrons. The Hall–Kier alpha value is -1.46. The van der Waals surface area contributed by atoms with Crippen LogP contribution in [0.1, 0.15) is 37.8 Å². The Morgan fingerprint density at radius 1 is 1.07 bits per heavy atom. The SMILES string of the molecule is CCOc1cc(CNC[C@@H]2CCCN2CC)ccc1OCc1c(Cl)cccc1Cl. The van der Waals surface area contributed by atoms with Gasteiger partial charge in [-0.2, -0.15) is 0 Å². The third-order valence-electron chi connectivity index (χ3n) is 5.36. The van der Waals surface area contributed by atoms with Crippen LogP contribution in [0.25, 0.3) is 0 Å². The van der Waals surface area contributed by atoms with Crippen LogP contribution in [-0.4, -0.2) is 37.2 Å². The maximum absolute atomic E-state index is 6.25. The predicted molar refractivity (Wildman–Crippen MR) is 120 cm³/mol. The van der Waals surface area contributed by atoms with Crippen LogP contribution in [0.3, 0.4) is 0 Å². The number of hydrogen-bond acceptors (Lipinski definition) is 4. The molecular weight excluding hydrogens is 407 g/mol. The number of benzene rings is 2. The lowest BCUT2D eigenvalue weighted by molar-refractivity contribution is 0.259. The summed E-state index contributed by atoms with van der Waals surface area (Å²) in [5, 5.41) is 4.80. The lowest BCUT2D eigenvalue weighted by Gasteiger charge is -2.23. The summed E-state index contributed by atoms with van der Waals surface area (Å²) < 4.78 is 11.8. The number of nitrogens with one attached hydrogen (secondary N) is 1. The Labute approximate surface area is 184 Å². The van der Waals surface area contributed by atoms with Gasteiger partial charge in [0.25, 0.3) is 0 Å². The summed E-state index contributed by atoms with van der Waals surface area (Å²) >= 11 is 12.5. The van der Waals surface area contributed by atoms with Gasteiger partial charge in [0.1, 0.15) is 6.61 Å². The third kappa shape index (κ3) is 6.02. The Bertz CT molecular complexity index is 780. The van der Waals surface area contributed by atoms with Gasteiger partial charge in [-0.15, -0.1) is 0 Å². The van der Waals surface area contributed by atoms with Gasteiger partial charge in [0, 0.05) is 34.7 Å². The molecule has 0 radical (unpaired) electrons. The second-order valence-corrected chi connectivity index (χ2v) is 8.07. The molecule has 0 aliphatic carbocycles. The summed E-state index contributed by atoms with van der Waals surface area (Å²) in [6.07, 6.45) is 2.58. The van der Waals surface area contributed by atoms with E-state index in [4.69, 9.17) is 32.7 Å². The Morgan fingerprint density at radius 3 is 2.59 bits per heavy atom. The van der Waals surface area contributed by atoms with Crippen LogP contribution in [0.5, 0.6) is 11.5 Å². The molecule has 6 heteroatoms. The van der Waals surface area contributed by atoms with E-state index in [1.165, 1.54) is 24.9 Å². The van der Waals surface area contributed by atoms with E-state index in [9.17, 15) is 0 Å². The average molecular weight is 437 g/mol. The first-order valence-electron chi connectivity index (χ1n) is 10.4. The quantitative estimate of drug-likeness (QED) is 0.529. The topological polar surface area (TPSA) is 33.7 Å². The standard InChI is InChI=1S/C23H30Cl2N2O2/c1-3-27-12-6-7-18(27)15-26-14-17-10-11-22(23(13-17)28-4-2)29-16-19-20(24)8-5-9-21(19)25/h5,8-11,13,18,26H,3-4,6-7,12,14-16H2,1-2H3/t18-/m0/s1. The van der Waals surface area contributed by atoms with Gasteiger partial charge in [0.2, 0.25) is 0 Å². The summed E-state index contributed by atoms with van der Waals surface area (Å²) in [5.74, 6) is 1.44. The van der Waals surface area contributed by atoms with Crippen LogP contribution in [0.4, 0.5) is 0 Å². The fourth-order valence-electron chi connectivity index (χ4n) is 3.80. The van der Waals surface area contributed by atoms with E-state index in [1.807, 2.05) is 37.3 Å². The minimum Gasteiger partial charge on any atom is -0.490 e. The highest BCUT2D eigenvalue weighted by Gasteiger charge is 2.22. The molecule has 2 aromatic rings. The van der Waals surface area contributed by atoms with Crippen molar-refractivity contribution in [3.05, 3.63) is 57.6 Å². The van der Waals surface area contributed by atoms with E-state index in [1.54, 1.807) is 0 Å². The summed E-state index contributed by atoms with van der Waals surface area (Å²) in [5.41, 5.74) is 1.96. The second-order valence-electron chi connectivity index (χ2n) is 7.26. The summed E-state index contributed by atoms with van der Waals surface area (Å²) in [4.78, 5) is 2.55. The fraction of sp³-hybridized carbons (Fsp3) is 0.478. The second kappa shape index (κ2) is 11.1. The van der Waals surface area contributed by atoms with Gasteiger partial charge < -0.3 is 14.8 Å². The average Bonchev–Trinajstić information content (AvgIpc) is 3.16. The number of ether oxygens (including phenoxy) is 2. The number of halogens is 2. The van der Waals surface area contributed by atoms with Crippen molar-refractivity contribution in [1.82, 2.24) is 10.2 Å². The van der Waals surface area contributed by atoms with E-state index in [-0.39, 0.29) is 0 Å². The van der Waals surface area contributed by atoms with Crippen LogP contribution >= 0.6 is 23.2 Å². The molecule has 1 saturated heterocycles. The summed E-state index contributed by atoms with van der Waals surface area (Å²) in [7, 11) is 0. The van der Waals surface area contributed by atoms with Crippen molar-refractivity contribution in [3.63, 3.8) is 0 Å². The molecule has 0 bridgehead atoms. The van der Waals surface area contributed by atoms with Crippen LogP contribution in [-0.2, 0) is 13.2 Å². The van der Waals surface area contributed by atoms with Crippen LogP contribution in [0.15, 0.2) is 36.4 Å². The van der Waals surface area contributed by atoms with Crippen LogP contribution in [0, 0.1) is 0 Å². The largest absolute Gasteiger partial charge is 0.490 e. The zero-order chi connectivity index (χ0) is 20.6. The number of nitrogens with zero attached hydrogens (tertiary/aromatic N) is 1. The molecule has 0 aromatic heterocycles. The Kier molecular flexibility index (Phi) is 8.49. The molecule has 0 amide bonds. The maximum Gasteiger partial charge on any atom is 0.161 e. The van der Waals surface area contributed by atoms with Crippen LogP contribution in [0.2, 0.25) is 10.0 Å². The third-order valence-corrected chi connectivity index (χ3v) is 6.06. The highest BCUT2D eigenvalue weighted by molar-refractivity contribution is 6.35. The van der Waals surface area contributed by atoms with Gasteiger partial charge in [-0.25, -0.2) is 0 Å². The summed E-state index contributed by atoms with van der Waals surface area (Å²) in [6, 6.07) is 12.2. The molecule has 1 N–H and O–H groups in total. The van der Waals surface area contributed by atoms with Gasteiger partial charge in [0.15, 0.2) is 11.5 Å². The Morgan fingerprint density at radius 2 is 1.86 bits per heavy atom. The molecule has 3 rings (SSSR count). The van der Waals surface area contributed by atoms with Gasteiger partial charge in [-0.3, -0.25) is 4.90 Å². The van der Waals surface area contributed by atoms with Crippen molar-refractivity contribution < 1.29 is 9.47 Å². The Balaban J connectivity index is 1.60. The number of hydrogen-bond donors (Lipinski definition) is 1. The molecule has 0 saturated carbocycles. The van der Waals surface area contributed by atoms with Crippen molar-refractivity contribution >= 4 is 23.2 Å². The molecule has 4 nitrogen and oxygen atoms in total. The highest BCUT2D eigenvalue weighted by Crippen LogP contribution is 2.31. The lowest BCUT2D eigenvalue weighted by Crippen LogP contribution is -2.37. The molecule has 0 unspecified atom stereocenters. The van der Waals surface area contributed by atoms with Gasteiger partial charge in [-0.05, 0) is 62.7 Å². The number of likely N-dealkylation sites (tertiary alicyclic amines) is 1. The highest BCUT2D eigenvalue weighted by atomic mass is 35.5. The molecule has 2 aromatic carbocycles. The van der Waals surface area contributed by atoms with Gasteiger partial charge in [0.05, 0.1) is 6.61 Å². The van der Waals surface area contributed by atoms with Crippen molar-refractivity contribution in [2.45, 2.75) is 45.9 Å². The van der Waals surface area contributed by atoms with Gasteiger partial charge >= 0.3 is 0 Å². The molecule has 29 heavy (non-hydrogen) atoms. The molecule has 1 heterocycles. The first-order valence-corrected chi connectivity index (χ1v) is 11.1. The summed E-state index contributed by atoms with van der Waals surface area (Å²) in [6.45, 7) is 9.26. The van der Waals surface area contributed by atoms with Crippen molar-refractivity contribution in [2.75, 3.05) is 26.2 Å². The molecule has 1 atom stereocenters. The van der Waals surface area contributed by atoms with E-state index >= 15 is 0 Å². The van der Waals surface area contributed by atoms with E-state index in [0.717, 1.165) is 30.9 Å². The fourth-order valence-corrected chi connectivity index (χ4v) is 4.30. The van der Waals surface area contributed by atoms with E-state index in [0.29, 0.717) is 35.1 Å². The molecule has 0 spiro atoms. The lowest BCUT2D eigenvalue weighted by atomic mass is 10.1. The molecule has 1 aliphatic rings. The van der Waals surface area contributed by atoms with E-state index in [2.05, 4.69) is 23.2 Å². The number of likely N-dealkylation sites (N-methyl/N-ethyl adjacent to an activating group) is 1. The van der Waals surface area contributed by atoms with Gasteiger partial charge in [-0.1, -0.05) is 42.3 Å². The maximum atomic E-state index is 6.25. The minimum absolute atomic E-state index is 0.296. The first-order chi connectivity index (χ1) is 14.1.